The van der Waals surface area contributed by atoms with Gasteiger partial charge in [-0.25, -0.2) is 4.79 Å². The normalized spacial score (nSPS) is 41.1. The molecule has 0 N–H and O–H groups in total. The summed E-state index contributed by atoms with van der Waals surface area (Å²) in [5, 5.41) is 0. The van der Waals surface area contributed by atoms with Gasteiger partial charge in [0.2, 0.25) is 0 Å². The van der Waals surface area contributed by atoms with E-state index in [1.54, 1.807) is 5.57 Å². The van der Waals surface area contributed by atoms with Crippen molar-refractivity contribution in [2.45, 2.75) is 52.1 Å². The van der Waals surface area contributed by atoms with Crippen molar-refractivity contribution < 1.29 is 9.53 Å². The van der Waals surface area contributed by atoms with E-state index in [1.165, 1.54) is 18.4 Å². The van der Waals surface area contributed by atoms with E-state index in [-0.39, 0.29) is 17.5 Å². The minimum Gasteiger partial charge on any atom is -0.458 e. The number of esters is 1. The van der Waals surface area contributed by atoms with Gasteiger partial charge >= 0.3 is 5.97 Å². The molecule has 0 aromatic carbocycles. The zero-order chi connectivity index (χ0) is 12.2. The Hall–Kier alpha value is -1.05. The Morgan fingerprint density at radius 3 is 3.00 bits per heavy atom. The molecule has 92 valence electrons. The fraction of sp³-hybridized carbons (Fsp3) is 0.667. The van der Waals surface area contributed by atoms with E-state index in [2.05, 4.69) is 20.4 Å². The van der Waals surface area contributed by atoms with Crippen LogP contribution >= 0.6 is 0 Å². The van der Waals surface area contributed by atoms with Gasteiger partial charge in [-0.3, -0.25) is 0 Å². The highest BCUT2D eigenvalue weighted by atomic mass is 16.5. The lowest BCUT2D eigenvalue weighted by atomic mass is 9.58. The highest BCUT2D eigenvalue weighted by Crippen LogP contribution is 2.55. The molecule has 0 radical (unpaired) electrons. The van der Waals surface area contributed by atoms with E-state index in [4.69, 9.17) is 4.74 Å². The second-order valence-electron chi connectivity index (χ2n) is 6.09. The number of hydrogen-bond donors (Lipinski definition) is 0. The molecule has 0 aromatic heterocycles. The molecule has 0 spiro atoms. The average molecular weight is 232 g/mol. The summed E-state index contributed by atoms with van der Waals surface area (Å²) in [5.41, 5.74) is 3.88. The summed E-state index contributed by atoms with van der Waals surface area (Å²) in [6.07, 6.45) is 5.71. The van der Waals surface area contributed by atoms with Crippen LogP contribution < -0.4 is 0 Å². The third kappa shape index (κ3) is 1.42. The van der Waals surface area contributed by atoms with Crippen molar-refractivity contribution in [2.24, 2.45) is 11.3 Å². The zero-order valence-electron chi connectivity index (χ0n) is 10.7. The van der Waals surface area contributed by atoms with Crippen LogP contribution in [0.2, 0.25) is 0 Å². The summed E-state index contributed by atoms with van der Waals surface area (Å²) in [5.74, 6) is 0.173. The molecular formula is C15H20O2. The lowest BCUT2D eigenvalue weighted by Crippen LogP contribution is -2.49. The maximum atomic E-state index is 11.8. The molecule has 3 atom stereocenters. The molecule has 2 bridgehead atoms. The molecule has 0 unspecified atom stereocenters. The lowest BCUT2D eigenvalue weighted by Gasteiger charge is -2.51. The molecule has 1 saturated carbocycles. The van der Waals surface area contributed by atoms with Gasteiger partial charge in [0.1, 0.15) is 6.10 Å². The van der Waals surface area contributed by atoms with Gasteiger partial charge in [-0.15, -0.1) is 0 Å². The number of allylic oxidation sites excluding steroid dienone is 1. The monoisotopic (exact) mass is 232 g/mol. The van der Waals surface area contributed by atoms with Crippen molar-refractivity contribution in [3.8, 4) is 0 Å². The number of carbonyl (C=O) groups is 1. The van der Waals surface area contributed by atoms with Gasteiger partial charge in [0.25, 0.3) is 0 Å². The zero-order valence-corrected chi connectivity index (χ0v) is 10.7. The summed E-state index contributed by atoms with van der Waals surface area (Å²) in [7, 11) is 0. The van der Waals surface area contributed by atoms with Crippen LogP contribution in [-0.4, -0.2) is 12.1 Å². The predicted molar refractivity (Wildman–Crippen MR) is 66.4 cm³/mol. The van der Waals surface area contributed by atoms with Gasteiger partial charge < -0.3 is 4.74 Å². The minimum atomic E-state index is -0.158. The summed E-state index contributed by atoms with van der Waals surface area (Å²) < 4.78 is 5.62. The maximum absolute atomic E-state index is 11.8. The molecule has 2 fully saturated rings. The fourth-order valence-corrected chi connectivity index (χ4v) is 3.94. The largest absolute Gasteiger partial charge is 0.458 e. The molecule has 1 heterocycles. The Balaban J connectivity index is 2.05. The number of ether oxygens (including phenoxy) is 1. The predicted octanol–water partition coefficient (Wildman–Crippen LogP) is 3.38. The molecule has 17 heavy (non-hydrogen) atoms. The highest BCUT2D eigenvalue weighted by Gasteiger charge is 2.51. The first kappa shape index (κ1) is 11.1. The molecule has 3 rings (SSSR count). The summed E-state index contributed by atoms with van der Waals surface area (Å²) in [4.78, 5) is 11.8. The van der Waals surface area contributed by atoms with Crippen LogP contribution in [0.5, 0.6) is 0 Å². The SMILES string of the molecule is C=C1C(=O)O[C@H]2C[C@@H]1CC1=C(C)CCC[C@@]12C. The standard InChI is InChI=1S/C15H20O2/c1-9-5-4-6-15(3)12(9)7-11-8-13(15)17-14(16)10(11)2/h11,13H,2,4-8H2,1,3H3/t11-,13-,15-/m0/s1. The third-order valence-corrected chi connectivity index (χ3v) is 5.12. The van der Waals surface area contributed by atoms with Gasteiger partial charge in [-0.2, -0.15) is 0 Å². The summed E-state index contributed by atoms with van der Waals surface area (Å²) in [6.45, 7) is 8.44. The first-order valence-electron chi connectivity index (χ1n) is 6.61. The topological polar surface area (TPSA) is 26.3 Å². The van der Waals surface area contributed by atoms with Crippen molar-refractivity contribution in [3.63, 3.8) is 0 Å². The van der Waals surface area contributed by atoms with Gasteiger partial charge in [-0.1, -0.05) is 24.6 Å². The molecule has 2 aliphatic carbocycles. The number of carbonyl (C=O) groups excluding carboxylic acids is 1. The van der Waals surface area contributed by atoms with Crippen molar-refractivity contribution >= 4 is 5.97 Å². The van der Waals surface area contributed by atoms with Crippen LogP contribution in [0.15, 0.2) is 23.3 Å². The molecule has 3 aliphatic rings. The first-order valence-corrected chi connectivity index (χ1v) is 6.61. The van der Waals surface area contributed by atoms with Crippen LogP contribution in [0.1, 0.15) is 46.0 Å². The van der Waals surface area contributed by atoms with E-state index in [0.717, 1.165) is 19.3 Å². The van der Waals surface area contributed by atoms with Crippen LogP contribution in [0.4, 0.5) is 0 Å². The maximum Gasteiger partial charge on any atom is 0.334 e. The third-order valence-electron chi connectivity index (χ3n) is 5.12. The van der Waals surface area contributed by atoms with Gasteiger partial charge in [0, 0.05) is 11.0 Å². The molecular weight excluding hydrogens is 212 g/mol. The van der Waals surface area contributed by atoms with E-state index < -0.39 is 0 Å². The second kappa shape index (κ2) is 3.47. The molecule has 0 aromatic rings. The van der Waals surface area contributed by atoms with Crippen LogP contribution in [-0.2, 0) is 9.53 Å². The Morgan fingerprint density at radius 2 is 2.24 bits per heavy atom. The molecule has 2 nitrogen and oxygen atoms in total. The molecule has 1 aliphatic heterocycles. The van der Waals surface area contributed by atoms with E-state index >= 15 is 0 Å². The molecule has 2 heteroatoms. The van der Waals surface area contributed by atoms with Crippen molar-refractivity contribution in [3.05, 3.63) is 23.3 Å². The first-order chi connectivity index (χ1) is 8.02. The summed E-state index contributed by atoms with van der Waals surface area (Å²) >= 11 is 0. The van der Waals surface area contributed by atoms with Crippen molar-refractivity contribution in [2.75, 3.05) is 0 Å². The van der Waals surface area contributed by atoms with Crippen molar-refractivity contribution in [1.29, 1.82) is 0 Å². The van der Waals surface area contributed by atoms with Crippen LogP contribution in [0.25, 0.3) is 0 Å². The quantitative estimate of drug-likeness (QED) is 0.363. The molecule has 0 amide bonds. The number of rotatable bonds is 0. The Kier molecular flexibility index (Phi) is 2.26. The van der Waals surface area contributed by atoms with Gasteiger partial charge in [-0.05, 0) is 44.9 Å². The smallest absolute Gasteiger partial charge is 0.334 e. The van der Waals surface area contributed by atoms with Crippen LogP contribution in [0.3, 0.4) is 0 Å². The highest BCUT2D eigenvalue weighted by molar-refractivity contribution is 5.89. The Bertz CT molecular complexity index is 432. The van der Waals surface area contributed by atoms with Crippen LogP contribution in [0, 0.1) is 11.3 Å². The van der Waals surface area contributed by atoms with E-state index in [1.807, 2.05) is 0 Å². The Morgan fingerprint density at radius 1 is 1.47 bits per heavy atom. The van der Waals surface area contributed by atoms with E-state index in [9.17, 15) is 4.79 Å². The van der Waals surface area contributed by atoms with E-state index in [0.29, 0.717) is 11.5 Å². The fourth-order valence-electron chi connectivity index (χ4n) is 3.94. The average Bonchev–Trinajstić information content (AvgIpc) is 2.28. The second-order valence-corrected chi connectivity index (χ2v) is 6.09. The molecule has 1 saturated heterocycles. The Labute approximate surface area is 103 Å². The number of hydrogen-bond acceptors (Lipinski definition) is 2. The minimum absolute atomic E-state index is 0.0875. The van der Waals surface area contributed by atoms with Gasteiger partial charge in [0.15, 0.2) is 0 Å². The van der Waals surface area contributed by atoms with Crippen molar-refractivity contribution in [1.82, 2.24) is 0 Å². The summed E-state index contributed by atoms with van der Waals surface area (Å²) in [6, 6.07) is 0. The van der Waals surface area contributed by atoms with Gasteiger partial charge in [0.05, 0.1) is 0 Å². The number of fused-ring (bicyclic) bond motifs is 4. The lowest BCUT2D eigenvalue weighted by molar-refractivity contribution is -0.159.